The van der Waals surface area contributed by atoms with Crippen LogP contribution in [0.4, 0.5) is 13.2 Å². The highest BCUT2D eigenvalue weighted by molar-refractivity contribution is 9.10. The smallest absolute Gasteiger partial charge is 0.478 e. The zero-order chi connectivity index (χ0) is 11.6. The van der Waals surface area contributed by atoms with Gasteiger partial charge < -0.3 is 9.84 Å². The highest BCUT2D eigenvalue weighted by Crippen LogP contribution is 2.29. The Morgan fingerprint density at radius 1 is 1.47 bits per heavy atom. The normalized spacial score (nSPS) is 11.2. The number of hydrogen-bond acceptors (Lipinski definition) is 3. The number of carboxylic acids is 1. The summed E-state index contributed by atoms with van der Waals surface area (Å²) >= 11 is 2.76. The van der Waals surface area contributed by atoms with Crippen LogP contribution in [0.1, 0.15) is 10.4 Å². The summed E-state index contributed by atoms with van der Waals surface area (Å²) in [6.45, 7) is 0. The van der Waals surface area contributed by atoms with Crippen molar-refractivity contribution in [1.29, 1.82) is 0 Å². The van der Waals surface area contributed by atoms with E-state index in [0.717, 1.165) is 6.20 Å². The van der Waals surface area contributed by atoms with Gasteiger partial charge in [-0.2, -0.15) is 0 Å². The van der Waals surface area contributed by atoms with Crippen molar-refractivity contribution in [3.05, 3.63) is 22.4 Å². The average molecular weight is 286 g/mol. The molecule has 1 aromatic heterocycles. The van der Waals surface area contributed by atoms with E-state index in [1.54, 1.807) is 0 Å². The Kier molecular flexibility index (Phi) is 3.18. The molecule has 0 spiro atoms. The van der Waals surface area contributed by atoms with Crippen LogP contribution in [0.15, 0.2) is 16.9 Å². The SMILES string of the molecule is O=C(O)c1c(Br)cncc1OC(F)(F)F. The Morgan fingerprint density at radius 3 is 2.53 bits per heavy atom. The van der Waals surface area contributed by atoms with Crippen molar-refractivity contribution < 1.29 is 27.8 Å². The van der Waals surface area contributed by atoms with Gasteiger partial charge in [0.15, 0.2) is 5.75 Å². The lowest BCUT2D eigenvalue weighted by Crippen LogP contribution is -2.19. The summed E-state index contributed by atoms with van der Waals surface area (Å²) in [5.41, 5.74) is -0.623. The van der Waals surface area contributed by atoms with E-state index >= 15 is 0 Å². The van der Waals surface area contributed by atoms with Gasteiger partial charge in [0, 0.05) is 6.20 Å². The quantitative estimate of drug-likeness (QED) is 0.907. The monoisotopic (exact) mass is 285 g/mol. The van der Waals surface area contributed by atoms with Crippen LogP contribution in [-0.4, -0.2) is 22.4 Å². The minimum atomic E-state index is -4.95. The first-order valence-electron chi connectivity index (χ1n) is 3.44. The van der Waals surface area contributed by atoms with E-state index in [1.165, 1.54) is 0 Å². The van der Waals surface area contributed by atoms with E-state index in [-0.39, 0.29) is 4.47 Å². The first-order chi connectivity index (χ1) is 6.81. The van der Waals surface area contributed by atoms with Gasteiger partial charge in [-0.25, -0.2) is 4.79 Å². The second kappa shape index (κ2) is 4.05. The number of aromatic carboxylic acids is 1. The third-order valence-electron chi connectivity index (χ3n) is 1.30. The maximum atomic E-state index is 11.9. The van der Waals surface area contributed by atoms with E-state index in [4.69, 9.17) is 5.11 Å². The molecule has 0 saturated heterocycles. The van der Waals surface area contributed by atoms with Crippen molar-refractivity contribution in [3.63, 3.8) is 0 Å². The average Bonchev–Trinajstić information content (AvgIpc) is 1.99. The molecule has 0 bridgehead atoms. The van der Waals surface area contributed by atoms with Gasteiger partial charge in [-0.05, 0) is 15.9 Å². The molecule has 0 aliphatic heterocycles. The van der Waals surface area contributed by atoms with Gasteiger partial charge in [-0.3, -0.25) is 4.98 Å². The van der Waals surface area contributed by atoms with Crippen molar-refractivity contribution in [3.8, 4) is 5.75 Å². The standard InChI is InChI=1S/C7H3BrF3NO3/c8-3-1-12-2-4(5(3)6(13)14)15-7(9,10)11/h1-2H,(H,13,14). The fourth-order valence-electron chi connectivity index (χ4n) is 0.827. The van der Waals surface area contributed by atoms with Crippen molar-refractivity contribution in [2.75, 3.05) is 0 Å². The molecular weight excluding hydrogens is 283 g/mol. The summed E-state index contributed by atoms with van der Waals surface area (Å²) in [5, 5.41) is 8.64. The van der Waals surface area contributed by atoms with E-state index in [0.29, 0.717) is 6.20 Å². The number of alkyl halides is 3. The molecule has 0 atom stereocenters. The maximum absolute atomic E-state index is 11.9. The van der Waals surface area contributed by atoms with Crippen molar-refractivity contribution in [2.24, 2.45) is 0 Å². The number of rotatable bonds is 2. The van der Waals surface area contributed by atoms with Crippen LogP contribution in [0.2, 0.25) is 0 Å². The minimum absolute atomic E-state index is 0.0863. The van der Waals surface area contributed by atoms with Crippen LogP contribution in [0.5, 0.6) is 5.75 Å². The predicted octanol–water partition coefficient (Wildman–Crippen LogP) is 2.44. The predicted molar refractivity (Wildman–Crippen MR) is 45.6 cm³/mol. The number of hydrogen-bond donors (Lipinski definition) is 1. The second-order valence-corrected chi connectivity index (χ2v) is 3.20. The molecule has 0 aromatic carbocycles. The molecular formula is C7H3BrF3NO3. The minimum Gasteiger partial charge on any atom is -0.478 e. The Morgan fingerprint density at radius 2 is 2.07 bits per heavy atom. The summed E-state index contributed by atoms with van der Waals surface area (Å²) in [7, 11) is 0. The molecule has 0 aliphatic rings. The number of pyridine rings is 1. The lowest BCUT2D eigenvalue weighted by atomic mass is 10.2. The molecule has 0 saturated carbocycles. The van der Waals surface area contributed by atoms with Gasteiger partial charge >= 0.3 is 12.3 Å². The lowest BCUT2D eigenvalue weighted by Gasteiger charge is -2.11. The highest BCUT2D eigenvalue weighted by atomic mass is 79.9. The molecule has 0 unspecified atom stereocenters. The topological polar surface area (TPSA) is 59.4 Å². The van der Waals surface area contributed by atoms with E-state index in [2.05, 4.69) is 25.7 Å². The lowest BCUT2D eigenvalue weighted by molar-refractivity contribution is -0.274. The van der Waals surface area contributed by atoms with Crippen molar-refractivity contribution in [2.45, 2.75) is 6.36 Å². The van der Waals surface area contributed by atoms with Crippen LogP contribution in [0.25, 0.3) is 0 Å². The molecule has 4 nitrogen and oxygen atoms in total. The fraction of sp³-hybridized carbons (Fsp3) is 0.143. The number of ether oxygens (including phenoxy) is 1. The molecule has 8 heteroatoms. The number of carboxylic acid groups (broad SMARTS) is 1. The Hall–Kier alpha value is -1.31. The Bertz CT molecular complexity index is 394. The van der Waals surface area contributed by atoms with Crippen molar-refractivity contribution in [1.82, 2.24) is 4.98 Å². The second-order valence-electron chi connectivity index (χ2n) is 2.35. The van der Waals surface area contributed by atoms with Gasteiger partial charge in [-0.15, -0.1) is 13.2 Å². The molecule has 1 aromatic rings. The summed E-state index contributed by atoms with van der Waals surface area (Å²) in [6.07, 6.45) is -3.21. The Balaban J connectivity index is 3.18. The highest BCUT2D eigenvalue weighted by Gasteiger charge is 2.33. The molecule has 0 amide bonds. The van der Waals surface area contributed by atoms with Crippen LogP contribution < -0.4 is 4.74 Å². The first-order valence-corrected chi connectivity index (χ1v) is 4.23. The zero-order valence-corrected chi connectivity index (χ0v) is 8.46. The van der Waals surface area contributed by atoms with E-state index in [1.807, 2.05) is 0 Å². The van der Waals surface area contributed by atoms with E-state index in [9.17, 15) is 18.0 Å². The van der Waals surface area contributed by atoms with Crippen molar-refractivity contribution >= 4 is 21.9 Å². The molecule has 82 valence electrons. The van der Waals surface area contributed by atoms with Crippen LogP contribution in [0, 0.1) is 0 Å². The van der Waals surface area contributed by atoms with Gasteiger partial charge in [0.25, 0.3) is 0 Å². The zero-order valence-electron chi connectivity index (χ0n) is 6.88. The molecule has 0 radical (unpaired) electrons. The van der Waals surface area contributed by atoms with E-state index < -0.39 is 23.6 Å². The summed E-state index contributed by atoms with van der Waals surface area (Å²) in [4.78, 5) is 14.0. The first kappa shape index (κ1) is 11.8. The Labute approximate surface area is 89.8 Å². The summed E-state index contributed by atoms with van der Waals surface area (Å²) < 4.78 is 39.0. The molecule has 0 fully saturated rings. The number of halogens is 4. The van der Waals surface area contributed by atoms with Gasteiger partial charge in [-0.1, -0.05) is 0 Å². The third kappa shape index (κ3) is 3.08. The van der Waals surface area contributed by atoms with Crippen LogP contribution in [0.3, 0.4) is 0 Å². The van der Waals surface area contributed by atoms with Gasteiger partial charge in [0.2, 0.25) is 0 Å². The molecule has 0 aliphatic carbocycles. The number of carbonyl (C=O) groups is 1. The summed E-state index contributed by atoms with van der Waals surface area (Å²) in [5.74, 6) is -2.40. The van der Waals surface area contributed by atoms with Gasteiger partial charge in [0.05, 0.1) is 10.7 Å². The molecule has 1 N–H and O–H groups in total. The fourth-order valence-corrected chi connectivity index (χ4v) is 1.31. The number of nitrogens with zero attached hydrogens (tertiary/aromatic N) is 1. The van der Waals surface area contributed by atoms with Crippen LogP contribution >= 0.6 is 15.9 Å². The maximum Gasteiger partial charge on any atom is 0.573 e. The third-order valence-corrected chi connectivity index (χ3v) is 1.91. The summed E-state index contributed by atoms with van der Waals surface area (Å²) in [6, 6.07) is 0. The molecule has 1 heterocycles. The molecule has 1 rings (SSSR count). The number of aromatic nitrogens is 1. The largest absolute Gasteiger partial charge is 0.573 e. The molecule has 15 heavy (non-hydrogen) atoms. The van der Waals surface area contributed by atoms with Crippen LogP contribution in [-0.2, 0) is 0 Å². The van der Waals surface area contributed by atoms with Gasteiger partial charge in [0.1, 0.15) is 5.56 Å².